The fourth-order valence-corrected chi connectivity index (χ4v) is 18.4. The maximum absolute atomic E-state index is 13.4. The summed E-state index contributed by atoms with van der Waals surface area (Å²) in [4.78, 5) is 120. The van der Waals surface area contributed by atoms with E-state index in [0.29, 0.717) is 50.1 Å². The minimum absolute atomic E-state index is 0.0456. The first kappa shape index (κ1) is 70.1. The Labute approximate surface area is 550 Å². The van der Waals surface area contributed by atoms with E-state index in [1.807, 2.05) is 51.3 Å². The minimum atomic E-state index is -0.997. The Bertz CT molecular complexity index is 2610. The van der Waals surface area contributed by atoms with E-state index in [1.54, 1.807) is 0 Å². The van der Waals surface area contributed by atoms with Gasteiger partial charge in [-0.25, -0.2) is 29.3 Å². The third-order valence-electron chi connectivity index (χ3n) is 23.8. The Balaban J connectivity index is 0.602. The SMILES string of the molecule is C[C@H]1[C@H](OC(=O)CCC(=O)OCCN(CCO)CCN(CCOC(=O)CCC(=O)O[C@@H]2O[C@@H]3O[C@]4(C)CC[C@H]5[C@H](C)CC[C@@H]([C@H]2C)[C@@]35OO4)CCOC(=O)CCC(=O)O[C@@H]2O[C@@H]3O[C@]4(C)CC[C@H]5[C@H](C)CC[C@@H]([C@H]2C)[C@@]35OO4)O[C@@H]2O[C@]3(C)CC[C@H]4[C@H](C)CC[C@@H]1[C@@]24OO3. The van der Waals surface area contributed by atoms with Gasteiger partial charge in [0.2, 0.25) is 36.2 Å². The lowest BCUT2D eigenvalue weighted by Crippen LogP contribution is -2.70. The zero-order valence-electron chi connectivity index (χ0n) is 56.3. The third-order valence-corrected chi connectivity index (χ3v) is 23.8. The van der Waals surface area contributed by atoms with Gasteiger partial charge in [-0.1, -0.05) is 41.5 Å². The molecule has 12 aliphatic heterocycles. The number of hydrogen-bond donors (Lipinski definition) is 1. The van der Waals surface area contributed by atoms with Crippen molar-refractivity contribution in [3.05, 3.63) is 0 Å². The largest absolute Gasteiger partial charge is 0.464 e. The first-order valence-electron chi connectivity index (χ1n) is 35.1. The topological polar surface area (TPSA) is 295 Å². The molecule has 1 N–H and O–H groups in total. The van der Waals surface area contributed by atoms with Crippen molar-refractivity contribution in [3.8, 4) is 0 Å². The van der Waals surface area contributed by atoms with E-state index in [9.17, 15) is 33.9 Å². The zero-order chi connectivity index (χ0) is 66.5. The van der Waals surface area contributed by atoms with Crippen molar-refractivity contribution >= 4 is 35.8 Å². The summed E-state index contributed by atoms with van der Waals surface area (Å²) < 4.78 is 72.9. The highest BCUT2D eigenvalue weighted by atomic mass is 17.3. The third kappa shape index (κ3) is 13.8. The van der Waals surface area contributed by atoms with Crippen LogP contribution in [0.3, 0.4) is 0 Å². The summed E-state index contributed by atoms with van der Waals surface area (Å²) in [6, 6.07) is 0. The molecule has 27 nitrogen and oxygen atoms in total. The van der Waals surface area contributed by atoms with Gasteiger partial charge < -0.3 is 61.9 Å². The standard InChI is InChI=1S/C67H102N2O25/c1-38-10-13-47-41(4)56(83-59-65(47)44(38)22-25-62(7,86-59)89-92-65)80-53(74)19-16-50(71)77-35-31-68(30-34-70)28-29-69(32-36-78-51(72)17-20-54(75)81-57-42(5)48-14-11-39(2)45-23-26-63(8)87-60(84-57)66(45,48)93-90-63)33-37-79-52(73)18-21-55(76)82-58-43(6)49-15-12-40(3)46-24-27-64(9)88-61(85-58)67(46,49)94-91-64/h38-49,56-61,70H,10-37H2,1-9H3/t38-,39-,40-,41-,42-,43-,44+,45+,46+,47+,48+,49+,56-,57-,58-,59-,60-,61-,62+,63+,64+,65-,66-,67-/m1/s1. The van der Waals surface area contributed by atoms with Gasteiger partial charge in [-0.05, 0) is 114 Å². The summed E-state index contributed by atoms with van der Waals surface area (Å²) >= 11 is 0. The van der Waals surface area contributed by atoms with E-state index in [1.165, 1.54) is 0 Å². The van der Waals surface area contributed by atoms with Gasteiger partial charge in [0.25, 0.3) is 0 Å². The molecule has 12 saturated heterocycles. The average molecular weight is 1340 g/mol. The molecule has 0 unspecified atom stereocenters. The summed E-state index contributed by atoms with van der Waals surface area (Å²) in [7, 11) is 0. The summed E-state index contributed by atoms with van der Waals surface area (Å²) in [5.74, 6) is -6.08. The number of ether oxygens (including phenoxy) is 12. The molecule has 0 aromatic heterocycles. The molecule has 530 valence electrons. The van der Waals surface area contributed by atoms with Crippen LogP contribution in [-0.2, 0) is 115 Å². The van der Waals surface area contributed by atoms with Crippen molar-refractivity contribution < 1.29 is 120 Å². The fraction of sp³-hybridized carbons (Fsp3) is 0.910. The van der Waals surface area contributed by atoms with Gasteiger partial charge in [-0.15, -0.1) is 0 Å². The van der Waals surface area contributed by atoms with E-state index in [0.717, 1.165) is 57.8 Å². The number of esters is 6. The molecule has 27 heteroatoms. The van der Waals surface area contributed by atoms with Crippen molar-refractivity contribution in [1.29, 1.82) is 0 Å². The average Bonchev–Trinajstić information content (AvgIpc) is 1.37. The van der Waals surface area contributed by atoms with E-state index < -0.39 is 108 Å². The van der Waals surface area contributed by atoms with Crippen molar-refractivity contribution in [3.63, 3.8) is 0 Å². The highest BCUT2D eigenvalue weighted by Crippen LogP contribution is 2.64. The van der Waals surface area contributed by atoms with Crippen molar-refractivity contribution in [2.75, 3.05) is 65.7 Å². The second-order valence-corrected chi connectivity index (χ2v) is 29.9. The summed E-state index contributed by atoms with van der Waals surface area (Å²) in [6.45, 7) is 19.1. The highest BCUT2D eigenvalue weighted by molar-refractivity contribution is 5.79. The molecule has 0 radical (unpaired) electrons. The Morgan fingerprint density at radius 2 is 0.660 bits per heavy atom. The van der Waals surface area contributed by atoms with Crippen LogP contribution in [0.25, 0.3) is 0 Å². The van der Waals surface area contributed by atoms with Crippen molar-refractivity contribution in [2.24, 2.45) is 71.0 Å². The number of fused-ring (bicyclic) bond motifs is 6. The van der Waals surface area contributed by atoms with Gasteiger partial charge in [0, 0.05) is 94.0 Å². The Kier molecular flexibility index (Phi) is 21.2. The molecule has 3 aliphatic carbocycles. The molecule has 3 spiro atoms. The normalized spacial score (nSPS) is 43.8. The quantitative estimate of drug-likeness (QED) is 0.0528. The number of carbonyl (C=O) groups excluding carboxylic acids is 6. The second-order valence-electron chi connectivity index (χ2n) is 29.9. The smallest absolute Gasteiger partial charge is 0.308 e. The van der Waals surface area contributed by atoms with E-state index in [2.05, 4.69) is 20.8 Å². The second kappa shape index (κ2) is 28.5. The monoisotopic (exact) mass is 1330 g/mol. The van der Waals surface area contributed by atoms with Crippen molar-refractivity contribution in [1.82, 2.24) is 9.80 Å². The molecule has 24 atom stereocenters. The lowest BCUT2D eigenvalue weighted by molar-refractivity contribution is -0.576. The van der Waals surface area contributed by atoms with Gasteiger partial charge in [0.1, 0.15) is 19.8 Å². The van der Waals surface area contributed by atoms with Crippen LogP contribution in [0.2, 0.25) is 0 Å². The first-order valence-corrected chi connectivity index (χ1v) is 35.1. The highest BCUT2D eigenvalue weighted by Gasteiger charge is 2.73. The van der Waals surface area contributed by atoms with Gasteiger partial charge in [0.05, 0.1) is 45.1 Å². The molecular weight excluding hydrogens is 1230 g/mol. The number of nitrogens with zero attached hydrogens (tertiary/aromatic N) is 2. The summed E-state index contributed by atoms with van der Waals surface area (Å²) in [5, 5.41) is 10.1. The predicted octanol–water partition coefficient (Wildman–Crippen LogP) is 6.81. The van der Waals surface area contributed by atoms with E-state index in [-0.39, 0.29) is 144 Å². The number of aliphatic hydroxyl groups is 1. The predicted molar refractivity (Wildman–Crippen MR) is 319 cm³/mol. The Morgan fingerprint density at radius 1 is 0.372 bits per heavy atom. The molecule has 0 amide bonds. The summed E-state index contributed by atoms with van der Waals surface area (Å²) in [6.07, 6.45) is 3.25. The molecule has 0 aromatic rings. The molecule has 15 rings (SSSR count). The molecule has 12 heterocycles. The van der Waals surface area contributed by atoms with Gasteiger partial charge in [-0.2, -0.15) is 0 Å². The molecule has 94 heavy (non-hydrogen) atoms. The molecule has 0 aromatic carbocycles. The molecule has 15 fully saturated rings. The van der Waals surface area contributed by atoms with Gasteiger partial charge >= 0.3 is 35.8 Å². The lowest BCUT2D eigenvalue weighted by Gasteiger charge is -2.59. The van der Waals surface area contributed by atoms with Gasteiger partial charge in [-0.3, -0.25) is 38.6 Å². The van der Waals surface area contributed by atoms with Gasteiger partial charge in [0.15, 0.2) is 35.7 Å². The van der Waals surface area contributed by atoms with Crippen LogP contribution in [0.1, 0.15) is 178 Å². The van der Waals surface area contributed by atoms with Crippen molar-refractivity contribution in [2.45, 2.75) is 250 Å². The van der Waals surface area contributed by atoms with Crippen LogP contribution in [0.4, 0.5) is 0 Å². The van der Waals surface area contributed by atoms with Crippen LogP contribution in [0.15, 0.2) is 0 Å². The number of hydrogen-bond acceptors (Lipinski definition) is 27. The van der Waals surface area contributed by atoms with E-state index in [4.69, 9.17) is 86.2 Å². The van der Waals surface area contributed by atoms with Crippen LogP contribution in [0, 0.1) is 71.0 Å². The maximum atomic E-state index is 13.4. The van der Waals surface area contributed by atoms with Crippen LogP contribution >= 0.6 is 0 Å². The number of carbonyl (C=O) groups is 6. The fourth-order valence-electron chi connectivity index (χ4n) is 18.4. The summed E-state index contributed by atoms with van der Waals surface area (Å²) in [5.41, 5.74) is -2.46. The van der Waals surface area contributed by atoms with Crippen LogP contribution in [-0.4, -0.2) is 188 Å². The van der Waals surface area contributed by atoms with Crippen LogP contribution < -0.4 is 0 Å². The first-order chi connectivity index (χ1) is 44.9. The van der Waals surface area contributed by atoms with Crippen LogP contribution in [0.5, 0.6) is 0 Å². The zero-order valence-corrected chi connectivity index (χ0v) is 56.3. The molecule has 3 saturated carbocycles. The number of rotatable bonds is 26. The Morgan fingerprint density at radius 3 is 0.957 bits per heavy atom. The molecule has 15 aliphatic rings. The maximum Gasteiger partial charge on any atom is 0.308 e. The molecular formula is C67H102N2O25. The number of aliphatic hydroxyl groups excluding tert-OH is 1. The minimum Gasteiger partial charge on any atom is -0.464 e. The molecule has 6 bridgehead atoms. The van der Waals surface area contributed by atoms with E-state index >= 15 is 0 Å². The Hall–Kier alpha value is -3.78. The lowest BCUT2D eigenvalue weighted by atomic mass is 9.58.